The molecule has 0 aromatic rings. The molecule has 0 spiro atoms. The zero-order valence-electron chi connectivity index (χ0n) is 1.43. The van der Waals surface area contributed by atoms with Crippen LogP contribution in [0, 0.1) is 0 Å². The van der Waals surface area contributed by atoms with E-state index >= 15 is 0 Å². The molecule has 0 aromatic heterocycles. The van der Waals surface area contributed by atoms with Gasteiger partial charge in [0.1, 0.15) is 0 Å². The standard InChI is InChI=1S/Al.Li.O.Pt.2H. The van der Waals surface area contributed by atoms with Crippen molar-refractivity contribution in [3.8, 4) is 0 Å². The summed E-state index contributed by atoms with van der Waals surface area (Å²) in [6.45, 7) is 0. The number of rotatable bonds is 0. The molecule has 1 nitrogen and oxygen atoms in total. The fraction of sp³-hybridized carbons (Fsp3) is 0. The summed E-state index contributed by atoms with van der Waals surface area (Å²) in [5, 5.41) is 0. The minimum atomic E-state index is 0. The van der Waals surface area contributed by atoms with Gasteiger partial charge in [0, 0.05) is 21.1 Å². The summed E-state index contributed by atoms with van der Waals surface area (Å²) in [5.41, 5.74) is 0. The van der Waals surface area contributed by atoms with E-state index in [1.165, 1.54) is 0 Å². The van der Waals surface area contributed by atoms with Crippen LogP contribution in [0.4, 0.5) is 0 Å². The average molecular weight is 247 g/mol. The second kappa shape index (κ2) is 23.1. The number of hydrogen-bond acceptors (Lipinski definition) is 1. The molecule has 0 N–H and O–H groups in total. The largest absolute Gasteiger partial charge is 0 e. The topological polar surface area (TPSA) is 17.1 Å². The van der Waals surface area contributed by atoms with Gasteiger partial charge < -0.3 is 0 Å². The van der Waals surface area contributed by atoms with Gasteiger partial charge in [-0.3, -0.25) is 0 Å². The van der Waals surface area contributed by atoms with Crippen molar-refractivity contribution in [1.29, 1.82) is 0 Å². The normalized spacial score (nSPS) is 0.750. The fourth-order valence-corrected chi connectivity index (χ4v) is 0. The molecule has 0 atom stereocenters. The quantitative estimate of drug-likeness (QED) is 0.480. The minimum absolute atomic E-state index is 0. The van der Waals surface area contributed by atoms with E-state index in [1.54, 1.807) is 0 Å². The summed E-state index contributed by atoms with van der Waals surface area (Å²) in [6.07, 6.45) is 0. The monoisotopic (exact) mass is 247 g/mol. The van der Waals surface area contributed by atoms with Gasteiger partial charge in [0.05, 0.1) is 0 Å². The van der Waals surface area contributed by atoms with Crippen molar-refractivity contribution >= 4 is 35.1 Å². The van der Waals surface area contributed by atoms with E-state index < -0.39 is 0 Å². The molecular formula is H2AlLiOPt. The van der Waals surface area contributed by atoms with Crippen LogP contribution in [-0.4, -0.2) is 35.1 Å². The zero-order valence-corrected chi connectivity index (χ0v) is 5.12. The molecule has 0 saturated heterocycles. The summed E-state index contributed by atoms with van der Waals surface area (Å²) in [6, 6.07) is 0. The van der Waals surface area contributed by atoms with Gasteiger partial charge in [-0.1, -0.05) is 0 Å². The molecule has 0 bridgehead atoms. The molecule has 0 aliphatic rings. The van der Waals surface area contributed by atoms with Gasteiger partial charge in [-0.15, -0.1) is 0 Å². The Hall–Kier alpha value is 1.62. The Morgan fingerprint density at radius 3 is 1.25 bits per heavy atom. The maximum atomic E-state index is 8.28. The van der Waals surface area contributed by atoms with E-state index in [9.17, 15) is 0 Å². The Labute approximate surface area is 59.6 Å². The van der Waals surface area contributed by atoms with Gasteiger partial charge in [0.15, 0.2) is 0 Å². The van der Waals surface area contributed by atoms with Gasteiger partial charge in [0.25, 0.3) is 0 Å². The third-order valence-electron chi connectivity index (χ3n) is 0. The van der Waals surface area contributed by atoms with Crippen LogP contribution < -0.4 is 0 Å². The average Bonchev–Trinajstić information content (AvgIpc) is 1.00. The van der Waals surface area contributed by atoms with E-state index in [4.69, 9.17) is 3.80 Å². The maximum absolute atomic E-state index is 8.28. The summed E-state index contributed by atoms with van der Waals surface area (Å²) in [5.74, 6) is 0. The predicted molar refractivity (Wildman–Crippen MR) is 15.0 cm³/mol. The Bertz CT molecular complexity index is 8.00. The van der Waals surface area contributed by atoms with Crippen LogP contribution in [0.1, 0.15) is 0 Å². The van der Waals surface area contributed by atoms with Gasteiger partial charge >= 0.3 is 38.9 Å². The molecule has 0 aliphatic carbocycles. The number of hydrogen-bond donors (Lipinski definition) is 0. The molecule has 0 amide bonds. The summed E-state index contributed by atoms with van der Waals surface area (Å²) in [7, 11) is 0. The van der Waals surface area contributed by atoms with Crippen molar-refractivity contribution in [3.63, 3.8) is 0 Å². The first-order valence-corrected chi connectivity index (χ1v) is 0.866. The first-order valence-electron chi connectivity index (χ1n) is 0.289. The predicted octanol–water partition coefficient (Wildman–Crippen LogP) is -1.42. The summed E-state index contributed by atoms with van der Waals surface area (Å²) < 4.78 is 8.28. The molecule has 0 unspecified atom stereocenters. The Kier molecular flexibility index (Phi) is 101. The van der Waals surface area contributed by atoms with Gasteiger partial charge in [0.2, 0.25) is 0 Å². The van der Waals surface area contributed by atoms with E-state index in [1.807, 2.05) is 0 Å². The van der Waals surface area contributed by atoms with Crippen LogP contribution in [0.15, 0.2) is 0 Å². The first-order chi connectivity index (χ1) is 1.00. The molecule has 0 fully saturated rings. The van der Waals surface area contributed by atoms with Gasteiger partial charge in [-0.2, -0.15) is 0 Å². The summed E-state index contributed by atoms with van der Waals surface area (Å²) in [4.78, 5) is 0. The zero-order chi connectivity index (χ0) is 2.00. The van der Waals surface area contributed by atoms with Crippen LogP contribution in [-0.2, 0) is 24.9 Å². The summed E-state index contributed by atoms with van der Waals surface area (Å²) >= 11 is 0.611. The van der Waals surface area contributed by atoms with Crippen molar-refractivity contribution in [2.75, 3.05) is 0 Å². The smallest absolute Gasteiger partial charge is 0 e. The fourth-order valence-electron chi connectivity index (χ4n) is 0. The van der Waals surface area contributed by atoms with Gasteiger partial charge in [-0.05, 0) is 0 Å². The second-order valence-corrected chi connectivity index (χ2v) is 0. The molecule has 0 aliphatic heterocycles. The minimum Gasteiger partial charge on any atom is 0 e. The molecule has 4 heavy (non-hydrogen) atoms. The molecule has 0 radical (unpaired) electrons. The molecule has 0 heterocycles. The SMILES string of the molecule is [LiH].[O]=[AlH].[Pt]. The Balaban J connectivity index is -0.00000000500. The third-order valence-corrected chi connectivity index (χ3v) is 0. The van der Waals surface area contributed by atoms with Crippen molar-refractivity contribution in [1.82, 2.24) is 0 Å². The molecule has 4 heteroatoms. The van der Waals surface area contributed by atoms with Crippen molar-refractivity contribution < 1.29 is 24.9 Å². The van der Waals surface area contributed by atoms with Crippen LogP contribution >= 0.6 is 0 Å². The van der Waals surface area contributed by atoms with Crippen molar-refractivity contribution in [2.45, 2.75) is 0 Å². The van der Waals surface area contributed by atoms with Crippen LogP contribution in [0.2, 0.25) is 0 Å². The van der Waals surface area contributed by atoms with Gasteiger partial charge in [-0.25, -0.2) is 0 Å². The molecule has 0 rings (SSSR count). The van der Waals surface area contributed by atoms with E-state index in [-0.39, 0.29) is 39.9 Å². The first kappa shape index (κ1) is 17.5. The Morgan fingerprint density at radius 1 is 1.25 bits per heavy atom. The van der Waals surface area contributed by atoms with E-state index in [0.29, 0.717) is 16.2 Å². The van der Waals surface area contributed by atoms with Crippen molar-refractivity contribution in [3.05, 3.63) is 0 Å². The van der Waals surface area contributed by atoms with Crippen LogP contribution in [0.3, 0.4) is 0 Å². The molecular weight excluding hydrogens is 245 g/mol. The molecule has 0 saturated carbocycles. The Morgan fingerprint density at radius 2 is 1.25 bits per heavy atom. The van der Waals surface area contributed by atoms with E-state index in [0.717, 1.165) is 0 Å². The van der Waals surface area contributed by atoms with Crippen LogP contribution in [0.25, 0.3) is 0 Å². The maximum Gasteiger partial charge on any atom is 0 e. The van der Waals surface area contributed by atoms with Crippen molar-refractivity contribution in [2.24, 2.45) is 0 Å². The second-order valence-electron chi connectivity index (χ2n) is 0. The molecule has 0 aromatic carbocycles. The third kappa shape index (κ3) is 9.47. The molecule has 22 valence electrons. The van der Waals surface area contributed by atoms with E-state index in [2.05, 4.69) is 0 Å². The van der Waals surface area contributed by atoms with Crippen LogP contribution in [0.5, 0.6) is 0 Å².